The molecule has 106 valence electrons. The number of rotatable bonds is 4. The van der Waals surface area contributed by atoms with Crippen LogP contribution in [0.15, 0.2) is 35.6 Å². The molecule has 0 saturated heterocycles. The molecule has 1 heterocycles. The zero-order valence-corrected chi connectivity index (χ0v) is 12.0. The van der Waals surface area contributed by atoms with Gasteiger partial charge in [-0.25, -0.2) is 0 Å². The zero-order valence-electron chi connectivity index (χ0n) is 12.0. The average molecular weight is 273 g/mol. The number of aliphatic hydroxyl groups is 1. The van der Waals surface area contributed by atoms with E-state index in [0.717, 1.165) is 17.5 Å². The second-order valence-electron chi connectivity index (χ2n) is 5.13. The van der Waals surface area contributed by atoms with Gasteiger partial charge in [0.2, 0.25) is 0 Å². The van der Waals surface area contributed by atoms with Gasteiger partial charge in [0.15, 0.2) is 11.5 Å². The standard InChI is InChI=1S/C16H19NO3/c1-4-9-17-14(12-7-5-10(2)6-8-12)13(11(3)18)15(19)16(17)20/h5-8,14,19H,4,9H2,1-3H3/t14-/m1/s1. The van der Waals surface area contributed by atoms with Crippen LogP contribution >= 0.6 is 0 Å². The van der Waals surface area contributed by atoms with Crippen molar-refractivity contribution >= 4 is 11.7 Å². The van der Waals surface area contributed by atoms with Crippen LogP contribution in [0.25, 0.3) is 0 Å². The fourth-order valence-electron chi connectivity index (χ4n) is 2.58. The number of benzene rings is 1. The van der Waals surface area contributed by atoms with Crippen LogP contribution in [0.5, 0.6) is 0 Å². The molecule has 1 aromatic carbocycles. The van der Waals surface area contributed by atoms with Gasteiger partial charge in [-0.1, -0.05) is 36.8 Å². The summed E-state index contributed by atoms with van der Waals surface area (Å²) in [5.74, 6) is -1.13. The van der Waals surface area contributed by atoms with E-state index in [2.05, 4.69) is 0 Å². The molecule has 0 aliphatic carbocycles. The van der Waals surface area contributed by atoms with Crippen LogP contribution in [-0.2, 0) is 9.59 Å². The molecule has 0 bridgehead atoms. The summed E-state index contributed by atoms with van der Waals surface area (Å²) >= 11 is 0. The molecular formula is C16H19NO3. The molecule has 1 amide bonds. The lowest BCUT2D eigenvalue weighted by molar-refractivity contribution is -0.129. The molecule has 0 unspecified atom stereocenters. The van der Waals surface area contributed by atoms with E-state index in [1.165, 1.54) is 6.92 Å². The van der Waals surface area contributed by atoms with Crippen LogP contribution in [0.2, 0.25) is 0 Å². The number of nitrogens with zero attached hydrogens (tertiary/aromatic N) is 1. The van der Waals surface area contributed by atoms with Gasteiger partial charge in [-0.3, -0.25) is 9.59 Å². The summed E-state index contributed by atoms with van der Waals surface area (Å²) in [7, 11) is 0. The molecule has 2 rings (SSSR count). The largest absolute Gasteiger partial charge is 0.503 e. The summed E-state index contributed by atoms with van der Waals surface area (Å²) in [6, 6.07) is 7.21. The molecule has 1 aliphatic rings. The third-order valence-corrected chi connectivity index (χ3v) is 3.54. The summed E-state index contributed by atoms with van der Waals surface area (Å²) in [6.45, 7) is 5.84. The van der Waals surface area contributed by atoms with E-state index in [4.69, 9.17) is 0 Å². The Morgan fingerprint density at radius 2 is 1.90 bits per heavy atom. The molecule has 0 spiro atoms. The first kappa shape index (κ1) is 14.3. The Morgan fingerprint density at radius 1 is 1.30 bits per heavy atom. The normalized spacial score (nSPS) is 18.9. The fourth-order valence-corrected chi connectivity index (χ4v) is 2.58. The molecule has 1 N–H and O–H groups in total. The van der Waals surface area contributed by atoms with Gasteiger partial charge >= 0.3 is 0 Å². The fraction of sp³-hybridized carbons (Fsp3) is 0.375. The summed E-state index contributed by atoms with van der Waals surface area (Å²) < 4.78 is 0. The second-order valence-corrected chi connectivity index (χ2v) is 5.13. The van der Waals surface area contributed by atoms with E-state index < -0.39 is 17.7 Å². The Morgan fingerprint density at radius 3 is 2.40 bits per heavy atom. The monoisotopic (exact) mass is 273 g/mol. The smallest absolute Gasteiger partial charge is 0.290 e. The average Bonchev–Trinajstić information content (AvgIpc) is 2.65. The molecule has 4 nitrogen and oxygen atoms in total. The van der Waals surface area contributed by atoms with E-state index in [0.29, 0.717) is 6.54 Å². The summed E-state index contributed by atoms with van der Waals surface area (Å²) in [6.07, 6.45) is 0.770. The van der Waals surface area contributed by atoms with Crippen molar-refractivity contribution in [1.29, 1.82) is 0 Å². The second kappa shape index (κ2) is 5.49. The van der Waals surface area contributed by atoms with Gasteiger partial charge in [0, 0.05) is 6.54 Å². The minimum Gasteiger partial charge on any atom is -0.503 e. The zero-order chi connectivity index (χ0) is 14.9. The highest BCUT2D eigenvalue weighted by molar-refractivity contribution is 6.08. The third kappa shape index (κ3) is 2.33. The minimum absolute atomic E-state index is 0.201. The summed E-state index contributed by atoms with van der Waals surface area (Å²) in [5, 5.41) is 9.98. The lowest BCUT2D eigenvalue weighted by Gasteiger charge is -2.26. The lowest BCUT2D eigenvalue weighted by Crippen LogP contribution is -2.31. The Bertz CT molecular complexity index is 572. The highest BCUT2D eigenvalue weighted by atomic mass is 16.3. The van der Waals surface area contributed by atoms with Gasteiger partial charge in [0.1, 0.15) is 0 Å². The van der Waals surface area contributed by atoms with Gasteiger partial charge < -0.3 is 10.0 Å². The number of aliphatic hydroxyl groups excluding tert-OH is 1. The first-order chi connectivity index (χ1) is 9.47. The maximum absolute atomic E-state index is 12.1. The third-order valence-electron chi connectivity index (χ3n) is 3.54. The van der Waals surface area contributed by atoms with E-state index in [1.807, 2.05) is 38.1 Å². The van der Waals surface area contributed by atoms with Crippen LogP contribution in [0.1, 0.15) is 37.4 Å². The van der Waals surface area contributed by atoms with Crippen molar-refractivity contribution in [2.45, 2.75) is 33.2 Å². The number of carbonyl (C=O) groups excluding carboxylic acids is 2. The Labute approximate surface area is 118 Å². The number of aryl methyl sites for hydroxylation is 1. The summed E-state index contributed by atoms with van der Waals surface area (Å²) in [5.41, 5.74) is 2.16. The number of amides is 1. The predicted molar refractivity (Wildman–Crippen MR) is 76.3 cm³/mol. The number of Topliss-reactive ketones (excluding diaryl/α,β-unsaturated/α-hetero) is 1. The quantitative estimate of drug-likeness (QED) is 0.917. The van der Waals surface area contributed by atoms with Gasteiger partial charge in [-0.2, -0.15) is 0 Å². The maximum atomic E-state index is 12.1. The van der Waals surface area contributed by atoms with E-state index >= 15 is 0 Å². The molecule has 1 atom stereocenters. The van der Waals surface area contributed by atoms with Crippen molar-refractivity contribution in [2.24, 2.45) is 0 Å². The van der Waals surface area contributed by atoms with Crippen LogP contribution in [0.4, 0.5) is 0 Å². The van der Waals surface area contributed by atoms with Gasteiger partial charge in [0.25, 0.3) is 5.91 Å². The first-order valence-corrected chi connectivity index (χ1v) is 6.79. The predicted octanol–water partition coefficient (Wildman–Crippen LogP) is 2.69. The molecule has 0 fully saturated rings. The molecule has 1 aromatic rings. The van der Waals surface area contributed by atoms with Gasteiger partial charge in [0.05, 0.1) is 11.6 Å². The van der Waals surface area contributed by atoms with E-state index in [-0.39, 0.29) is 11.4 Å². The van der Waals surface area contributed by atoms with Crippen molar-refractivity contribution in [3.63, 3.8) is 0 Å². The molecule has 1 aliphatic heterocycles. The maximum Gasteiger partial charge on any atom is 0.290 e. The highest BCUT2D eigenvalue weighted by Gasteiger charge is 2.41. The van der Waals surface area contributed by atoms with Gasteiger partial charge in [-0.15, -0.1) is 0 Å². The van der Waals surface area contributed by atoms with Crippen molar-refractivity contribution in [3.8, 4) is 0 Å². The van der Waals surface area contributed by atoms with Crippen molar-refractivity contribution in [2.75, 3.05) is 6.54 Å². The molecule has 0 radical (unpaired) electrons. The van der Waals surface area contributed by atoms with E-state index in [9.17, 15) is 14.7 Å². The lowest BCUT2D eigenvalue weighted by atomic mass is 9.96. The van der Waals surface area contributed by atoms with Crippen LogP contribution < -0.4 is 0 Å². The molecule has 0 aromatic heterocycles. The topological polar surface area (TPSA) is 57.6 Å². The molecular weight excluding hydrogens is 254 g/mol. The molecule has 4 heteroatoms. The SMILES string of the molecule is CCCN1C(=O)C(O)=C(C(C)=O)[C@H]1c1ccc(C)cc1. The number of carbonyl (C=O) groups is 2. The number of hydrogen-bond donors (Lipinski definition) is 1. The van der Waals surface area contributed by atoms with Crippen molar-refractivity contribution < 1.29 is 14.7 Å². The Balaban J connectivity index is 2.51. The Hall–Kier alpha value is -2.10. The molecule has 0 saturated carbocycles. The van der Waals surface area contributed by atoms with Crippen LogP contribution in [0, 0.1) is 6.92 Å². The van der Waals surface area contributed by atoms with Crippen molar-refractivity contribution in [1.82, 2.24) is 4.90 Å². The number of ketones is 1. The van der Waals surface area contributed by atoms with Crippen LogP contribution in [-0.4, -0.2) is 28.2 Å². The molecule has 20 heavy (non-hydrogen) atoms. The Kier molecular flexibility index (Phi) is 3.93. The number of hydrogen-bond acceptors (Lipinski definition) is 3. The summed E-state index contributed by atoms with van der Waals surface area (Å²) in [4.78, 5) is 25.5. The van der Waals surface area contributed by atoms with Crippen LogP contribution in [0.3, 0.4) is 0 Å². The minimum atomic E-state index is -0.472. The van der Waals surface area contributed by atoms with Gasteiger partial charge in [-0.05, 0) is 25.8 Å². The first-order valence-electron chi connectivity index (χ1n) is 6.79. The van der Waals surface area contributed by atoms with E-state index in [1.54, 1.807) is 4.90 Å². The van der Waals surface area contributed by atoms with Crippen molar-refractivity contribution in [3.05, 3.63) is 46.7 Å². The highest BCUT2D eigenvalue weighted by Crippen LogP contribution is 2.37.